The van der Waals surface area contributed by atoms with Crippen molar-refractivity contribution in [3.8, 4) is 0 Å². The molecule has 41 heavy (non-hydrogen) atoms. The van der Waals surface area contributed by atoms with Gasteiger partial charge in [-0.25, -0.2) is 0 Å². The van der Waals surface area contributed by atoms with Crippen molar-refractivity contribution in [3.05, 3.63) is 0 Å². The first-order chi connectivity index (χ1) is 20.1. The fraction of sp³-hybridized carbons (Fsp3) is 1.00. The summed E-state index contributed by atoms with van der Waals surface area (Å²) in [5.41, 5.74) is 0.549. The topological polar surface area (TPSA) is 0 Å². The predicted octanol–water partition coefficient (Wildman–Crippen LogP) is 15.6. The molecule has 0 heterocycles. The van der Waals surface area contributed by atoms with Crippen LogP contribution >= 0.6 is 9.24 Å². The second kappa shape index (κ2) is 30.5. The third-order valence-corrected chi connectivity index (χ3v) is 11.7. The zero-order valence-corrected chi connectivity index (χ0v) is 31.1. The summed E-state index contributed by atoms with van der Waals surface area (Å²) < 4.78 is 0. The SMILES string of the molecule is CCCCCCCCCC(CCCCCC)(CCCCCCCCC)C(P)(CCCCCCC)CCCCCCC. The summed E-state index contributed by atoms with van der Waals surface area (Å²) in [6, 6.07) is 0. The standard InChI is InChI=1S/C40H83P/c1-6-11-16-21-23-27-30-35-39(34-29-20-15-10-5,36-31-28-24-22-17-12-7-2)40(41,37-32-25-18-13-8-3)38-33-26-19-14-9-4/h6-38,41H2,1-5H3. The Balaban J connectivity index is 5.75. The van der Waals surface area contributed by atoms with Gasteiger partial charge >= 0.3 is 0 Å². The number of hydrogen-bond acceptors (Lipinski definition) is 0. The Morgan fingerprint density at radius 3 is 0.732 bits per heavy atom. The second-order valence-electron chi connectivity index (χ2n) is 14.3. The largest absolute Gasteiger partial charge is 0.131 e. The van der Waals surface area contributed by atoms with Crippen molar-refractivity contribution in [1.29, 1.82) is 0 Å². The summed E-state index contributed by atoms with van der Waals surface area (Å²) in [6.07, 6.45) is 47.8. The Hall–Kier alpha value is 0.430. The van der Waals surface area contributed by atoms with Crippen LogP contribution in [0.4, 0.5) is 0 Å². The molecule has 1 unspecified atom stereocenters. The van der Waals surface area contributed by atoms with E-state index in [1.165, 1.54) is 212 Å². The smallest absolute Gasteiger partial charge is 0.00939 e. The van der Waals surface area contributed by atoms with Crippen molar-refractivity contribution in [2.75, 3.05) is 0 Å². The minimum absolute atomic E-state index is 0.460. The molecule has 248 valence electrons. The molecule has 0 aromatic rings. The highest BCUT2D eigenvalue weighted by Crippen LogP contribution is 2.55. The van der Waals surface area contributed by atoms with Crippen LogP contribution in [0.2, 0.25) is 0 Å². The molecule has 0 saturated heterocycles. The van der Waals surface area contributed by atoms with E-state index in [1.54, 1.807) is 0 Å². The summed E-state index contributed by atoms with van der Waals surface area (Å²) in [6.45, 7) is 11.8. The van der Waals surface area contributed by atoms with Crippen LogP contribution in [-0.4, -0.2) is 5.16 Å². The molecule has 0 saturated carbocycles. The molecule has 0 radical (unpaired) electrons. The van der Waals surface area contributed by atoms with Gasteiger partial charge in [0, 0.05) is 0 Å². The van der Waals surface area contributed by atoms with Gasteiger partial charge in [-0.15, -0.1) is 9.24 Å². The molecular formula is C40H83P. The maximum atomic E-state index is 3.67. The molecular weight excluding hydrogens is 511 g/mol. The Bertz CT molecular complexity index is 465. The van der Waals surface area contributed by atoms with E-state index in [1.807, 2.05) is 0 Å². The summed E-state index contributed by atoms with van der Waals surface area (Å²) in [5, 5.41) is 0.460. The number of unbranched alkanes of at least 4 members (excludes halogenated alkanes) is 23. The first kappa shape index (κ1) is 41.4. The average molecular weight is 595 g/mol. The zero-order valence-electron chi connectivity index (χ0n) is 29.9. The fourth-order valence-electron chi connectivity index (χ4n) is 7.60. The Kier molecular flexibility index (Phi) is 30.8. The van der Waals surface area contributed by atoms with Crippen molar-refractivity contribution in [2.45, 2.75) is 252 Å². The van der Waals surface area contributed by atoms with E-state index in [4.69, 9.17) is 0 Å². The maximum absolute atomic E-state index is 3.67. The van der Waals surface area contributed by atoms with Gasteiger partial charge in [0.05, 0.1) is 0 Å². The molecule has 0 aromatic heterocycles. The average Bonchev–Trinajstić information content (AvgIpc) is 2.97. The molecule has 0 rings (SSSR count). The van der Waals surface area contributed by atoms with E-state index in [2.05, 4.69) is 43.9 Å². The molecule has 0 amide bonds. The van der Waals surface area contributed by atoms with Crippen LogP contribution in [0.1, 0.15) is 247 Å². The van der Waals surface area contributed by atoms with Crippen molar-refractivity contribution < 1.29 is 0 Å². The summed E-state index contributed by atoms with van der Waals surface area (Å²) in [7, 11) is 3.67. The van der Waals surface area contributed by atoms with Crippen LogP contribution < -0.4 is 0 Å². The lowest BCUT2D eigenvalue weighted by Crippen LogP contribution is -2.44. The fourth-order valence-corrected chi connectivity index (χ4v) is 8.44. The van der Waals surface area contributed by atoms with E-state index in [0.29, 0.717) is 10.6 Å². The molecule has 0 aliphatic carbocycles. The van der Waals surface area contributed by atoms with Gasteiger partial charge in [0.2, 0.25) is 0 Å². The molecule has 1 atom stereocenters. The second-order valence-corrected chi connectivity index (χ2v) is 15.4. The van der Waals surface area contributed by atoms with Gasteiger partial charge in [0.15, 0.2) is 0 Å². The highest BCUT2D eigenvalue weighted by molar-refractivity contribution is 7.19. The molecule has 0 fully saturated rings. The van der Waals surface area contributed by atoms with Crippen molar-refractivity contribution in [3.63, 3.8) is 0 Å². The van der Waals surface area contributed by atoms with E-state index in [0.717, 1.165) is 0 Å². The first-order valence-corrected chi connectivity index (χ1v) is 20.4. The lowest BCUT2D eigenvalue weighted by atomic mass is 9.62. The van der Waals surface area contributed by atoms with E-state index >= 15 is 0 Å². The summed E-state index contributed by atoms with van der Waals surface area (Å²) >= 11 is 0. The van der Waals surface area contributed by atoms with Gasteiger partial charge in [0.25, 0.3) is 0 Å². The molecule has 0 bridgehead atoms. The third kappa shape index (κ3) is 21.7. The molecule has 0 spiro atoms. The number of hydrogen-bond donors (Lipinski definition) is 0. The first-order valence-electron chi connectivity index (χ1n) is 19.8. The lowest BCUT2D eigenvalue weighted by Gasteiger charge is -2.51. The predicted molar refractivity (Wildman–Crippen MR) is 196 cm³/mol. The van der Waals surface area contributed by atoms with Crippen LogP contribution in [-0.2, 0) is 0 Å². The summed E-state index contributed by atoms with van der Waals surface area (Å²) in [4.78, 5) is 0. The van der Waals surface area contributed by atoms with E-state index in [-0.39, 0.29) is 0 Å². The van der Waals surface area contributed by atoms with Crippen molar-refractivity contribution in [2.24, 2.45) is 5.41 Å². The van der Waals surface area contributed by atoms with Crippen LogP contribution in [0.5, 0.6) is 0 Å². The Labute approximate surface area is 265 Å². The molecule has 0 aliphatic heterocycles. The van der Waals surface area contributed by atoms with Gasteiger partial charge in [-0.3, -0.25) is 0 Å². The van der Waals surface area contributed by atoms with Crippen LogP contribution in [0.25, 0.3) is 0 Å². The van der Waals surface area contributed by atoms with Crippen molar-refractivity contribution >= 4 is 9.24 Å². The minimum atomic E-state index is 0.460. The maximum Gasteiger partial charge on any atom is -0.00939 e. The van der Waals surface area contributed by atoms with Crippen LogP contribution in [0.15, 0.2) is 0 Å². The van der Waals surface area contributed by atoms with Crippen molar-refractivity contribution in [1.82, 2.24) is 0 Å². The molecule has 0 aromatic carbocycles. The highest BCUT2D eigenvalue weighted by atomic mass is 31.0. The third-order valence-electron chi connectivity index (χ3n) is 10.5. The van der Waals surface area contributed by atoms with Gasteiger partial charge in [-0.2, -0.15) is 0 Å². The zero-order chi connectivity index (χ0) is 30.3. The monoisotopic (exact) mass is 595 g/mol. The lowest BCUT2D eigenvalue weighted by molar-refractivity contribution is 0.108. The Morgan fingerprint density at radius 1 is 0.268 bits per heavy atom. The van der Waals surface area contributed by atoms with Crippen LogP contribution in [0.3, 0.4) is 0 Å². The highest BCUT2D eigenvalue weighted by Gasteiger charge is 2.45. The van der Waals surface area contributed by atoms with Gasteiger partial charge < -0.3 is 0 Å². The minimum Gasteiger partial charge on any atom is -0.131 e. The molecule has 0 N–H and O–H groups in total. The Morgan fingerprint density at radius 2 is 0.463 bits per heavy atom. The molecule has 1 heteroatoms. The van der Waals surface area contributed by atoms with Crippen LogP contribution in [0, 0.1) is 5.41 Å². The number of rotatable bonds is 34. The molecule has 0 nitrogen and oxygen atoms in total. The van der Waals surface area contributed by atoms with Gasteiger partial charge in [-0.05, 0) is 42.7 Å². The van der Waals surface area contributed by atoms with E-state index < -0.39 is 0 Å². The quantitative estimate of drug-likeness (QED) is 0.0513. The normalized spacial score (nSPS) is 12.4. The molecule has 0 aliphatic rings. The van der Waals surface area contributed by atoms with E-state index in [9.17, 15) is 0 Å². The summed E-state index contributed by atoms with van der Waals surface area (Å²) in [5.74, 6) is 0. The van der Waals surface area contributed by atoms with Gasteiger partial charge in [0.1, 0.15) is 0 Å². The van der Waals surface area contributed by atoms with Gasteiger partial charge in [-0.1, -0.05) is 214 Å².